The molecule has 0 unspecified atom stereocenters. The third-order valence-electron chi connectivity index (χ3n) is 14.4. The van der Waals surface area contributed by atoms with Gasteiger partial charge < -0.3 is 0 Å². The fourth-order valence-electron chi connectivity index (χ4n) is 11.1. The Kier molecular flexibility index (Phi) is 9.93. The van der Waals surface area contributed by atoms with Gasteiger partial charge in [0, 0.05) is 52.1 Å². The summed E-state index contributed by atoms with van der Waals surface area (Å²) in [7, 11) is 1.30. The molecule has 352 valence electrons. The minimum atomic E-state index is -4.50. The van der Waals surface area contributed by atoms with Crippen LogP contribution in [0.5, 0.6) is 0 Å². The lowest BCUT2D eigenvalue weighted by atomic mass is 9.85. The second-order valence-corrected chi connectivity index (χ2v) is 18.9. The van der Waals surface area contributed by atoms with E-state index < -0.39 is 11.9 Å². The fourth-order valence-corrected chi connectivity index (χ4v) is 11.1. The highest BCUT2D eigenvalue weighted by atomic mass is 19.4. The number of carbonyl (C=O) groups excluding carboxylic acids is 1. The second kappa shape index (κ2) is 16.5. The summed E-state index contributed by atoms with van der Waals surface area (Å²) in [6, 6.07) is 22.0. The van der Waals surface area contributed by atoms with Crippen LogP contribution in [-0.2, 0) is 63.3 Å². The lowest BCUT2D eigenvalue weighted by Crippen LogP contribution is -2.11. The van der Waals surface area contributed by atoms with Crippen LogP contribution in [0, 0.1) is 0 Å². The number of hydrogen-bond donors (Lipinski definition) is 2. The molecule has 0 radical (unpaired) electrons. The Bertz CT molecular complexity index is 3930. The molecule has 2 N–H and O–H groups in total. The van der Waals surface area contributed by atoms with Gasteiger partial charge in [0.1, 0.15) is 35.0 Å². The lowest BCUT2D eigenvalue weighted by Gasteiger charge is -2.22. The first kappa shape index (κ1) is 42.9. The van der Waals surface area contributed by atoms with E-state index in [0.717, 1.165) is 146 Å². The number of Topliss-reactive ketones (excluding diaryl/α,β-unsaturated/α-hetero) is 1. The Morgan fingerprint density at radius 1 is 0.620 bits per heavy atom. The summed E-state index contributed by atoms with van der Waals surface area (Å²) in [4.78, 5) is 32.1. The van der Waals surface area contributed by atoms with Gasteiger partial charge in [0.2, 0.25) is 0 Å². The van der Waals surface area contributed by atoms with Crippen molar-refractivity contribution in [3.63, 3.8) is 0 Å². The van der Waals surface area contributed by atoms with Crippen LogP contribution < -0.4 is 0 Å². The summed E-state index contributed by atoms with van der Waals surface area (Å²) < 4.78 is 41.3. The van der Waals surface area contributed by atoms with E-state index in [-0.39, 0.29) is 18.0 Å². The molecule has 0 amide bonds. The van der Waals surface area contributed by atoms with Crippen LogP contribution in [0.15, 0.2) is 82.9 Å². The zero-order chi connectivity index (χ0) is 48.1. The maximum absolute atomic E-state index is 13.5. The van der Waals surface area contributed by atoms with Crippen molar-refractivity contribution in [3.05, 3.63) is 123 Å². The molecule has 0 bridgehead atoms. The Morgan fingerprint density at radius 2 is 1.14 bits per heavy atom. The van der Waals surface area contributed by atoms with Gasteiger partial charge in [-0.05, 0) is 145 Å². The van der Waals surface area contributed by atoms with Gasteiger partial charge >= 0.3 is 6.18 Å². The van der Waals surface area contributed by atoms with Gasteiger partial charge in [-0.25, -0.2) is 9.97 Å². The molecular weight excluding hydrogens is 904 g/mol. The molecule has 10 aromatic rings. The van der Waals surface area contributed by atoms with Crippen molar-refractivity contribution in [2.24, 2.45) is 17.0 Å². The first-order chi connectivity index (χ1) is 34.5. The molecule has 14 nitrogen and oxygen atoms in total. The number of pyridine rings is 2. The molecule has 0 saturated heterocycles. The van der Waals surface area contributed by atoms with Crippen LogP contribution in [0.3, 0.4) is 0 Å². The summed E-state index contributed by atoms with van der Waals surface area (Å²) in [5.41, 5.74) is 18.8. The Labute approximate surface area is 403 Å². The highest BCUT2D eigenvalue weighted by molar-refractivity contribution is 6.15. The van der Waals surface area contributed by atoms with Crippen molar-refractivity contribution in [3.8, 4) is 45.3 Å². The average molecular weight is 948 g/mol. The number of alkyl halides is 3. The molecule has 14 rings (SSSR count). The van der Waals surface area contributed by atoms with Crippen LogP contribution in [0.2, 0.25) is 0 Å². The minimum Gasteiger partial charge on any atom is -0.298 e. The van der Waals surface area contributed by atoms with Gasteiger partial charge in [-0.3, -0.25) is 29.7 Å². The molecule has 0 atom stereocenters. The van der Waals surface area contributed by atoms with Crippen molar-refractivity contribution in [1.29, 1.82) is 0 Å². The number of benzene rings is 4. The zero-order valence-electron chi connectivity index (χ0n) is 38.8. The highest BCUT2D eigenvalue weighted by Gasteiger charge is 2.36. The Hall–Kier alpha value is -8.21. The SMILES string of the molecule is CC(=O)Cn1ncc(-c2n[nH]c3ccc4nc(-c5ccc6c(c5)C=NC6)c5c(c4c23)CCCC5)n1.Cn1nc(-c2n[nH]c3ccc4nc(-c5ccc6c(c5)C=NC6)c5c(c4c23)CCCC5)cc1C(F)(F)F. The quantitative estimate of drug-likeness (QED) is 0.166. The van der Waals surface area contributed by atoms with Crippen LogP contribution in [0.1, 0.15) is 82.8 Å². The van der Waals surface area contributed by atoms with Crippen LogP contribution >= 0.6 is 0 Å². The number of nitrogens with zero attached hydrogens (tertiary/aromatic N) is 11. The number of nitrogens with one attached hydrogen (secondary N) is 2. The summed E-state index contributed by atoms with van der Waals surface area (Å²) in [5.74, 6) is 0.00751. The number of hydrogen-bond acceptors (Lipinski definition) is 10. The van der Waals surface area contributed by atoms with Gasteiger partial charge in [-0.15, -0.1) is 0 Å². The highest BCUT2D eigenvalue weighted by Crippen LogP contribution is 2.43. The number of H-pyrrole nitrogens is 2. The number of aromatic amines is 2. The maximum Gasteiger partial charge on any atom is 0.433 e. The number of carbonyl (C=O) groups is 1. The number of aromatic nitrogens is 11. The monoisotopic (exact) mass is 947 g/mol. The molecule has 0 fully saturated rings. The fraction of sp³-hybridized carbons (Fsp3) is 0.259. The van der Waals surface area contributed by atoms with Gasteiger partial charge in [0.25, 0.3) is 0 Å². The van der Waals surface area contributed by atoms with Crippen LogP contribution in [0.4, 0.5) is 13.2 Å². The number of aryl methyl sites for hydroxylation is 3. The van der Waals surface area contributed by atoms with E-state index in [4.69, 9.17) is 9.97 Å². The average Bonchev–Trinajstić information content (AvgIpc) is 4.25. The molecule has 17 heteroatoms. The molecule has 4 aliphatic rings. The predicted octanol–water partition coefficient (Wildman–Crippen LogP) is 10.4. The summed E-state index contributed by atoms with van der Waals surface area (Å²) in [6.45, 7) is 3.15. The Morgan fingerprint density at radius 3 is 1.65 bits per heavy atom. The van der Waals surface area contributed by atoms with Gasteiger partial charge in [-0.2, -0.15) is 43.5 Å². The van der Waals surface area contributed by atoms with E-state index in [2.05, 4.69) is 88.1 Å². The van der Waals surface area contributed by atoms with Crippen molar-refractivity contribution in [1.82, 2.24) is 55.1 Å². The molecule has 8 heterocycles. The second-order valence-electron chi connectivity index (χ2n) is 18.9. The van der Waals surface area contributed by atoms with Gasteiger partial charge in [-0.1, -0.05) is 24.3 Å². The molecule has 71 heavy (non-hydrogen) atoms. The molecule has 4 aromatic carbocycles. The number of rotatable bonds is 6. The first-order valence-corrected chi connectivity index (χ1v) is 24.0. The smallest absolute Gasteiger partial charge is 0.298 e. The Balaban J connectivity index is 0.000000139. The van der Waals surface area contributed by atoms with Crippen molar-refractivity contribution in [2.75, 3.05) is 0 Å². The summed E-state index contributed by atoms with van der Waals surface area (Å²) >= 11 is 0. The van der Waals surface area contributed by atoms with Crippen molar-refractivity contribution < 1.29 is 18.0 Å². The van der Waals surface area contributed by atoms with E-state index in [1.54, 1.807) is 6.20 Å². The number of ketones is 1. The largest absolute Gasteiger partial charge is 0.433 e. The van der Waals surface area contributed by atoms with E-state index in [1.165, 1.54) is 57.7 Å². The molecule has 6 aromatic heterocycles. The standard InChI is InChI=1S/C27H21F3N6.C27H23N7O/c1-36-22(27(28,29)30)11-21(35-36)26-24-20(33-34-26)9-8-19-23(24)17-4-2-3-5-18(17)25(32-19)14-6-7-15-12-31-13-16(15)10-14;1-15(35)14-34-29-13-23(33-34)27-25-22(31-32-27)9-8-21-24(25)19-4-2-3-5-20(19)26(30-21)16-6-7-17-11-28-12-18(17)10-16/h6-11,13H,2-5,12H2,1H3,(H,33,34);6-10,12-13H,2-5,11,14H2,1H3,(H,31,32). The van der Waals surface area contributed by atoms with Crippen molar-refractivity contribution in [2.45, 2.75) is 84.1 Å². The molecule has 0 saturated carbocycles. The van der Waals surface area contributed by atoms with Crippen molar-refractivity contribution >= 4 is 61.8 Å². The summed E-state index contributed by atoms with van der Waals surface area (Å²) in [6.07, 6.45) is 9.30. The normalized spacial score (nSPS) is 14.8. The number of halogens is 3. The van der Waals surface area contributed by atoms with Gasteiger partial charge in [0.15, 0.2) is 5.78 Å². The minimum absolute atomic E-state index is 0.00751. The molecule has 2 aliphatic carbocycles. The molecule has 0 spiro atoms. The zero-order valence-corrected chi connectivity index (χ0v) is 38.8. The number of aliphatic imine (C=N–C) groups is 2. The van der Waals surface area contributed by atoms with Gasteiger partial charge in [0.05, 0.1) is 52.7 Å². The maximum atomic E-state index is 13.5. The van der Waals surface area contributed by atoms with Crippen LogP contribution in [-0.4, -0.2) is 73.3 Å². The summed E-state index contributed by atoms with van der Waals surface area (Å²) in [5, 5.41) is 32.1. The third-order valence-corrected chi connectivity index (χ3v) is 14.4. The third kappa shape index (κ3) is 7.23. The predicted molar refractivity (Wildman–Crippen MR) is 266 cm³/mol. The molecule has 2 aliphatic heterocycles. The van der Waals surface area contributed by atoms with E-state index in [9.17, 15) is 18.0 Å². The number of fused-ring (bicyclic) bond motifs is 12. The van der Waals surface area contributed by atoms with E-state index in [1.807, 2.05) is 30.6 Å². The first-order valence-electron chi connectivity index (χ1n) is 24.0. The van der Waals surface area contributed by atoms with E-state index in [0.29, 0.717) is 17.9 Å². The topological polar surface area (TPSA) is 173 Å². The van der Waals surface area contributed by atoms with Crippen LogP contribution in [0.25, 0.3) is 88.9 Å². The molecular formula is C54H44F3N13O. The van der Waals surface area contributed by atoms with E-state index >= 15 is 0 Å². The lowest BCUT2D eigenvalue weighted by molar-refractivity contribution is -0.143.